The molecule has 0 aromatic heterocycles. The highest BCUT2D eigenvalue weighted by Crippen LogP contribution is 2.43. The van der Waals surface area contributed by atoms with E-state index < -0.39 is 0 Å². The van der Waals surface area contributed by atoms with Gasteiger partial charge in [-0.1, -0.05) is 23.3 Å². The summed E-state index contributed by atoms with van der Waals surface area (Å²) in [5.74, 6) is -0.399. The first-order valence-corrected chi connectivity index (χ1v) is 8.43. The molecule has 1 aromatic carbocycles. The Morgan fingerprint density at radius 2 is 1.52 bits per heavy atom. The third-order valence-corrected chi connectivity index (χ3v) is 5.45. The summed E-state index contributed by atoms with van der Waals surface area (Å²) in [4.78, 5) is 27.9. The maximum atomic E-state index is 12.7. The van der Waals surface area contributed by atoms with E-state index in [9.17, 15) is 9.59 Å². The molecule has 1 fully saturated rings. The molecule has 4 heteroatoms. The first-order valence-electron chi connectivity index (χ1n) is 7.20. The van der Waals surface area contributed by atoms with E-state index in [1.165, 1.54) is 16.0 Å². The predicted molar refractivity (Wildman–Crippen MR) is 85.3 cm³/mol. The normalized spacial score (nSPS) is 25.6. The van der Waals surface area contributed by atoms with E-state index in [-0.39, 0.29) is 23.7 Å². The summed E-state index contributed by atoms with van der Waals surface area (Å²) >= 11 is 1.56. The Hall–Kier alpha value is -1.55. The molecular formula is C17H19NO2S. The first-order chi connectivity index (χ1) is 10.0. The lowest BCUT2D eigenvalue weighted by molar-refractivity contribution is -0.122. The van der Waals surface area contributed by atoms with Crippen molar-refractivity contribution in [2.45, 2.75) is 31.6 Å². The molecule has 3 nitrogen and oxygen atoms in total. The van der Waals surface area contributed by atoms with Crippen LogP contribution in [0.3, 0.4) is 0 Å². The number of thioether (sulfide) groups is 1. The van der Waals surface area contributed by atoms with E-state index in [4.69, 9.17) is 0 Å². The summed E-state index contributed by atoms with van der Waals surface area (Å²) in [6.45, 7) is 4.14. The number of nitrogens with zero attached hydrogens (tertiary/aromatic N) is 1. The average molecular weight is 301 g/mol. The highest BCUT2D eigenvalue weighted by Gasteiger charge is 2.49. The lowest BCUT2D eigenvalue weighted by atomic mass is 9.78. The Bertz CT molecular complexity index is 618. The standard InChI is InChI=1S/C17H19NO2S/c1-10-8-12-13(9-11(10)2)17(20)18(16(12)19)14-6-4-5-7-15(14)21-3/h4-7,12-13H,8-9H2,1-3H3/t12-,13-/m0/s1. The van der Waals surface area contributed by atoms with Gasteiger partial charge in [-0.15, -0.1) is 11.8 Å². The molecule has 0 saturated carbocycles. The molecule has 3 rings (SSSR count). The minimum absolute atomic E-state index is 0.0293. The molecule has 2 amide bonds. The van der Waals surface area contributed by atoms with Gasteiger partial charge in [0.25, 0.3) is 0 Å². The number of amides is 2. The van der Waals surface area contributed by atoms with Crippen molar-refractivity contribution in [3.05, 3.63) is 35.4 Å². The number of imide groups is 1. The Morgan fingerprint density at radius 3 is 2.05 bits per heavy atom. The summed E-state index contributed by atoms with van der Waals surface area (Å²) in [5, 5.41) is 0. The van der Waals surface area contributed by atoms with Crippen molar-refractivity contribution in [3.63, 3.8) is 0 Å². The second-order valence-electron chi connectivity index (χ2n) is 5.87. The summed E-state index contributed by atoms with van der Waals surface area (Å²) in [6.07, 6.45) is 3.41. The molecule has 2 aliphatic rings. The molecule has 1 heterocycles. The number of allylic oxidation sites excluding steroid dienone is 2. The zero-order chi connectivity index (χ0) is 15.1. The van der Waals surface area contributed by atoms with Crippen LogP contribution in [0, 0.1) is 11.8 Å². The zero-order valence-corrected chi connectivity index (χ0v) is 13.4. The van der Waals surface area contributed by atoms with Crippen LogP contribution in [0.25, 0.3) is 0 Å². The summed E-state index contributed by atoms with van der Waals surface area (Å²) in [7, 11) is 0. The molecule has 0 radical (unpaired) electrons. The van der Waals surface area contributed by atoms with E-state index in [1.54, 1.807) is 11.8 Å². The lowest BCUT2D eigenvalue weighted by Crippen LogP contribution is -2.31. The smallest absolute Gasteiger partial charge is 0.238 e. The number of carbonyl (C=O) groups is 2. The number of para-hydroxylation sites is 1. The molecule has 1 aromatic rings. The van der Waals surface area contributed by atoms with E-state index in [2.05, 4.69) is 13.8 Å². The Balaban J connectivity index is 2.00. The van der Waals surface area contributed by atoms with Crippen LogP contribution in [0.2, 0.25) is 0 Å². The molecular weight excluding hydrogens is 282 g/mol. The number of fused-ring (bicyclic) bond motifs is 1. The van der Waals surface area contributed by atoms with E-state index in [1.807, 2.05) is 30.5 Å². The van der Waals surface area contributed by atoms with Crippen LogP contribution < -0.4 is 4.90 Å². The molecule has 0 bridgehead atoms. The van der Waals surface area contributed by atoms with Gasteiger partial charge in [0.2, 0.25) is 11.8 Å². The van der Waals surface area contributed by atoms with Crippen molar-refractivity contribution < 1.29 is 9.59 Å². The number of carbonyl (C=O) groups excluding carboxylic acids is 2. The maximum Gasteiger partial charge on any atom is 0.238 e. The minimum atomic E-state index is -0.170. The van der Waals surface area contributed by atoms with E-state index >= 15 is 0 Å². The predicted octanol–water partition coefficient (Wildman–Crippen LogP) is 3.64. The van der Waals surface area contributed by atoms with Gasteiger partial charge in [0.05, 0.1) is 17.5 Å². The highest BCUT2D eigenvalue weighted by molar-refractivity contribution is 7.98. The minimum Gasteiger partial charge on any atom is -0.274 e. The fraction of sp³-hybridized carbons (Fsp3) is 0.412. The van der Waals surface area contributed by atoms with Crippen LogP contribution in [-0.4, -0.2) is 18.1 Å². The number of rotatable bonds is 2. The van der Waals surface area contributed by atoms with Crippen LogP contribution in [0.15, 0.2) is 40.3 Å². The highest BCUT2D eigenvalue weighted by atomic mass is 32.2. The summed E-state index contributed by atoms with van der Waals surface area (Å²) in [6, 6.07) is 7.64. The van der Waals surface area contributed by atoms with Gasteiger partial charge in [0.1, 0.15) is 0 Å². The molecule has 21 heavy (non-hydrogen) atoms. The zero-order valence-electron chi connectivity index (χ0n) is 12.6. The van der Waals surface area contributed by atoms with Crippen LogP contribution in [-0.2, 0) is 9.59 Å². The molecule has 2 atom stereocenters. The summed E-state index contributed by atoms with van der Waals surface area (Å²) < 4.78 is 0. The largest absolute Gasteiger partial charge is 0.274 e. The average Bonchev–Trinajstić information content (AvgIpc) is 2.71. The maximum absolute atomic E-state index is 12.7. The molecule has 1 aliphatic heterocycles. The van der Waals surface area contributed by atoms with Crippen molar-refractivity contribution in [1.82, 2.24) is 0 Å². The van der Waals surface area contributed by atoms with Crippen molar-refractivity contribution in [3.8, 4) is 0 Å². The van der Waals surface area contributed by atoms with Gasteiger partial charge in [-0.2, -0.15) is 0 Å². The quantitative estimate of drug-likeness (QED) is 0.475. The van der Waals surface area contributed by atoms with Crippen LogP contribution >= 0.6 is 11.8 Å². The van der Waals surface area contributed by atoms with Gasteiger partial charge in [0, 0.05) is 4.90 Å². The van der Waals surface area contributed by atoms with Gasteiger partial charge in [0.15, 0.2) is 0 Å². The molecule has 1 aliphatic carbocycles. The van der Waals surface area contributed by atoms with Gasteiger partial charge in [-0.25, -0.2) is 4.90 Å². The van der Waals surface area contributed by atoms with Crippen LogP contribution in [0.1, 0.15) is 26.7 Å². The molecule has 110 valence electrons. The molecule has 1 saturated heterocycles. The van der Waals surface area contributed by atoms with Crippen molar-refractivity contribution in [1.29, 1.82) is 0 Å². The summed E-state index contributed by atoms with van der Waals surface area (Å²) in [5.41, 5.74) is 3.26. The third-order valence-electron chi connectivity index (χ3n) is 4.67. The third kappa shape index (κ3) is 2.22. The Labute approximate surface area is 129 Å². The van der Waals surface area contributed by atoms with Crippen molar-refractivity contribution in [2.75, 3.05) is 11.2 Å². The SMILES string of the molecule is CSc1ccccc1N1C(=O)[C@H]2CC(C)=C(C)C[C@@H]2C1=O. The van der Waals surface area contributed by atoms with E-state index in [0.717, 1.165) is 23.4 Å². The monoisotopic (exact) mass is 301 g/mol. The fourth-order valence-corrected chi connectivity index (χ4v) is 3.89. The number of hydrogen-bond donors (Lipinski definition) is 0. The van der Waals surface area contributed by atoms with Crippen molar-refractivity contribution >= 4 is 29.3 Å². The lowest BCUT2D eigenvalue weighted by Gasteiger charge is -2.23. The van der Waals surface area contributed by atoms with Gasteiger partial charge < -0.3 is 0 Å². The van der Waals surface area contributed by atoms with Crippen molar-refractivity contribution in [2.24, 2.45) is 11.8 Å². The van der Waals surface area contributed by atoms with E-state index in [0.29, 0.717) is 0 Å². The Morgan fingerprint density at radius 1 is 1.00 bits per heavy atom. The fourth-order valence-electron chi connectivity index (χ4n) is 3.30. The van der Waals surface area contributed by atoms with Crippen LogP contribution in [0.4, 0.5) is 5.69 Å². The molecule has 0 unspecified atom stereocenters. The van der Waals surface area contributed by atoms with Crippen LogP contribution in [0.5, 0.6) is 0 Å². The second-order valence-corrected chi connectivity index (χ2v) is 6.71. The van der Waals surface area contributed by atoms with Gasteiger partial charge >= 0.3 is 0 Å². The topological polar surface area (TPSA) is 37.4 Å². The molecule has 0 spiro atoms. The number of anilines is 1. The second kappa shape index (κ2) is 5.34. The Kier molecular flexibility index (Phi) is 3.66. The van der Waals surface area contributed by atoms with Gasteiger partial charge in [-0.05, 0) is 45.1 Å². The number of benzene rings is 1. The molecule has 0 N–H and O–H groups in total. The first kappa shape index (κ1) is 14.4. The van der Waals surface area contributed by atoms with Gasteiger partial charge in [-0.3, -0.25) is 9.59 Å². The number of hydrogen-bond acceptors (Lipinski definition) is 3.